The maximum absolute atomic E-state index is 6.81. The van der Waals surface area contributed by atoms with Gasteiger partial charge in [-0.25, -0.2) is 15.0 Å². The molecular formula is C49H29N3O. The first-order valence-electron chi connectivity index (χ1n) is 17.9. The van der Waals surface area contributed by atoms with Crippen LogP contribution in [0.2, 0.25) is 0 Å². The molecule has 1 aliphatic carbocycles. The number of hydrogen-bond donors (Lipinski definition) is 0. The predicted molar refractivity (Wildman–Crippen MR) is 216 cm³/mol. The monoisotopic (exact) mass is 675 g/mol. The highest BCUT2D eigenvalue weighted by Crippen LogP contribution is 2.50. The van der Waals surface area contributed by atoms with Crippen molar-refractivity contribution in [1.82, 2.24) is 15.0 Å². The number of hydrogen-bond acceptors (Lipinski definition) is 4. The van der Waals surface area contributed by atoms with Crippen LogP contribution < -0.4 is 0 Å². The fourth-order valence-electron chi connectivity index (χ4n) is 8.01. The molecule has 2 aromatic heterocycles. The molecule has 0 amide bonds. The van der Waals surface area contributed by atoms with Gasteiger partial charge in [0.1, 0.15) is 11.2 Å². The van der Waals surface area contributed by atoms with Crippen molar-refractivity contribution in [3.05, 3.63) is 176 Å². The van der Waals surface area contributed by atoms with Gasteiger partial charge in [-0.1, -0.05) is 158 Å². The van der Waals surface area contributed by atoms with E-state index in [-0.39, 0.29) is 0 Å². The Morgan fingerprint density at radius 3 is 1.58 bits per heavy atom. The highest BCUT2D eigenvalue weighted by Gasteiger charge is 2.24. The molecule has 0 saturated heterocycles. The Hall–Kier alpha value is -7.17. The van der Waals surface area contributed by atoms with E-state index in [1.165, 1.54) is 33.0 Å². The van der Waals surface area contributed by atoms with Gasteiger partial charge >= 0.3 is 0 Å². The number of aromatic nitrogens is 3. The van der Waals surface area contributed by atoms with Gasteiger partial charge in [-0.3, -0.25) is 0 Å². The van der Waals surface area contributed by atoms with Crippen molar-refractivity contribution in [3.63, 3.8) is 0 Å². The van der Waals surface area contributed by atoms with E-state index in [9.17, 15) is 0 Å². The molecule has 0 saturated carbocycles. The highest BCUT2D eigenvalue weighted by atomic mass is 16.3. The third kappa shape index (κ3) is 4.73. The van der Waals surface area contributed by atoms with Crippen LogP contribution >= 0.6 is 0 Å². The third-order valence-corrected chi connectivity index (χ3v) is 10.5. The Bertz CT molecular complexity index is 3030. The van der Waals surface area contributed by atoms with Gasteiger partial charge in [0.2, 0.25) is 0 Å². The first kappa shape index (κ1) is 29.5. The summed E-state index contributed by atoms with van der Waals surface area (Å²) < 4.78 is 6.81. The molecular weight excluding hydrogens is 647 g/mol. The average molecular weight is 676 g/mol. The van der Waals surface area contributed by atoms with Crippen LogP contribution in [0.3, 0.4) is 0 Å². The van der Waals surface area contributed by atoms with Gasteiger partial charge in [-0.15, -0.1) is 0 Å². The van der Waals surface area contributed by atoms with Gasteiger partial charge in [-0.05, 0) is 67.9 Å². The van der Waals surface area contributed by atoms with Crippen LogP contribution in [0.4, 0.5) is 0 Å². The van der Waals surface area contributed by atoms with Crippen LogP contribution in [0, 0.1) is 0 Å². The molecule has 10 aromatic rings. The summed E-state index contributed by atoms with van der Waals surface area (Å²) in [6.45, 7) is 0. The van der Waals surface area contributed by atoms with Crippen molar-refractivity contribution in [3.8, 4) is 78.7 Å². The van der Waals surface area contributed by atoms with Crippen LogP contribution in [-0.4, -0.2) is 15.0 Å². The minimum Gasteiger partial charge on any atom is -0.455 e. The maximum atomic E-state index is 6.81. The van der Waals surface area contributed by atoms with Crippen molar-refractivity contribution in [2.24, 2.45) is 0 Å². The zero-order valence-corrected chi connectivity index (χ0v) is 28.5. The molecule has 0 fully saturated rings. The second-order valence-corrected chi connectivity index (χ2v) is 13.5. The van der Waals surface area contributed by atoms with Crippen molar-refractivity contribution < 1.29 is 4.42 Å². The van der Waals surface area contributed by atoms with E-state index in [2.05, 4.69) is 140 Å². The van der Waals surface area contributed by atoms with Crippen LogP contribution in [0.15, 0.2) is 180 Å². The van der Waals surface area contributed by atoms with E-state index in [1.807, 2.05) is 36.4 Å². The van der Waals surface area contributed by atoms with Crippen molar-refractivity contribution in [1.29, 1.82) is 0 Å². The topological polar surface area (TPSA) is 51.8 Å². The lowest BCUT2D eigenvalue weighted by Gasteiger charge is -2.10. The highest BCUT2D eigenvalue weighted by molar-refractivity contribution is 6.20. The van der Waals surface area contributed by atoms with Gasteiger partial charge in [0.25, 0.3) is 0 Å². The van der Waals surface area contributed by atoms with Crippen LogP contribution in [0.25, 0.3) is 111 Å². The summed E-state index contributed by atoms with van der Waals surface area (Å²) in [5.74, 6) is 1.83. The molecule has 1 aliphatic rings. The molecule has 8 aromatic carbocycles. The normalized spacial score (nSPS) is 11.8. The fraction of sp³-hybridized carbons (Fsp3) is 0. The lowest BCUT2D eigenvalue weighted by molar-refractivity contribution is 0.670. The van der Waals surface area contributed by atoms with Gasteiger partial charge in [0, 0.05) is 33.0 Å². The van der Waals surface area contributed by atoms with Gasteiger partial charge in [-0.2, -0.15) is 0 Å². The summed E-state index contributed by atoms with van der Waals surface area (Å²) in [5.41, 5.74) is 14.0. The number of nitrogens with zero attached hydrogens (tertiary/aromatic N) is 3. The molecule has 0 bridgehead atoms. The molecule has 4 nitrogen and oxygen atoms in total. The van der Waals surface area contributed by atoms with Crippen molar-refractivity contribution >= 4 is 32.7 Å². The van der Waals surface area contributed by atoms with Crippen molar-refractivity contribution in [2.45, 2.75) is 0 Å². The van der Waals surface area contributed by atoms with Crippen LogP contribution in [-0.2, 0) is 0 Å². The minimum atomic E-state index is 0.591. The zero-order chi connectivity index (χ0) is 34.9. The second-order valence-electron chi connectivity index (χ2n) is 13.5. The van der Waals surface area contributed by atoms with E-state index in [0.717, 1.165) is 60.9 Å². The minimum absolute atomic E-state index is 0.591. The first-order valence-corrected chi connectivity index (χ1v) is 17.9. The molecule has 0 radical (unpaired) electrons. The van der Waals surface area contributed by atoms with E-state index >= 15 is 0 Å². The van der Waals surface area contributed by atoms with Crippen LogP contribution in [0.1, 0.15) is 0 Å². The number of fused-ring (bicyclic) bond motifs is 6. The van der Waals surface area contributed by atoms with Gasteiger partial charge in [0.15, 0.2) is 17.5 Å². The third-order valence-electron chi connectivity index (χ3n) is 10.5. The summed E-state index contributed by atoms with van der Waals surface area (Å²) >= 11 is 0. The zero-order valence-electron chi connectivity index (χ0n) is 28.5. The van der Waals surface area contributed by atoms with Crippen molar-refractivity contribution in [2.75, 3.05) is 0 Å². The molecule has 246 valence electrons. The van der Waals surface area contributed by atoms with Gasteiger partial charge < -0.3 is 4.42 Å². The van der Waals surface area contributed by atoms with E-state index < -0.39 is 0 Å². The number of furan rings is 1. The number of para-hydroxylation sites is 1. The molecule has 0 spiro atoms. The predicted octanol–water partition coefficient (Wildman–Crippen LogP) is 12.9. The second kappa shape index (κ2) is 11.7. The SMILES string of the molecule is c1ccc(-c2cccc(-c3nc(-c4ccccc4)nc(-c4ccc5c(c4)oc4c(-c6ccc7c8c(cccc68)-c6ccccc6-7)cccc45)n3)c2)cc1. The van der Waals surface area contributed by atoms with Gasteiger partial charge in [0.05, 0.1) is 0 Å². The first-order chi connectivity index (χ1) is 26.3. The summed E-state index contributed by atoms with van der Waals surface area (Å²) in [6.07, 6.45) is 0. The molecule has 11 rings (SSSR count). The quantitative estimate of drug-likeness (QED) is 0.182. The Morgan fingerprint density at radius 2 is 0.830 bits per heavy atom. The number of rotatable bonds is 5. The summed E-state index contributed by atoms with van der Waals surface area (Å²) in [5, 5.41) is 4.66. The van der Waals surface area contributed by atoms with E-state index in [4.69, 9.17) is 19.4 Å². The standard InChI is InChI=1S/C49H29N3O/c1-3-12-30(13-4-1)32-16-9-17-33(28-32)48-50-47(31-14-5-2-6-15-31)51-49(52-48)34-24-25-38-43-23-11-22-42(46(43)53-44(38)29-34)37-26-27-41-36-19-8-7-18-35(36)39-20-10-21-40(37)45(39)41/h1-29H. The number of benzene rings is 8. The molecule has 2 heterocycles. The maximum Gasteiger partial charge on any atom is 0.164 e. The molecule has 0 N–H and O–H groups in total. The summed E-state index contributed by atoms with van der Waals surface area (Å²) in [6, 6.07) is 61.4. The fourth-order valence-corrected chi connectivity index (χ4v) is 8.01. The Morgan fingerprint density at radius 1 is 0.302 bits per heavy atom. The molecule has 0 unspecified atom stereocenters. The van der Waals surface area contributed by atoms with E-state index in [1.54, 1.807) is 0 Å². The Balaban J connectivity index is 1.06. The lowest BCUT2D eigenvalue weighted by atomic mass is 9.93. The molecule has 0 atom stereocenters. The molecule has 53 heavy (non-hydrogen) atoms. The lowest BCUT2D eigenvalue weighted by Crippen LogP contribution is -2.00. The summed E-state index contributed by atoms with van der Waals surface area (Å²) in [7, 11) is 0. The largest absolute Gasteiger partial charge is 0.455 e. The Kier molecular flexibility index (Phi) is 6.52. The average Bonchev–Trinajstić information content (AvgIpc) is 3.78. The van der Waals surface area contributed by atoms with E-state index in [0.29, 0.717) is 17.5 Å². The Labute approximate surface area is 305 Å². The molecule has 0 aliphatic heterocycles. The smallest absolute Gasteiger partial charge is 0.164 e. The molecule has 4 heteroatoms. The van der Waals surface area contributed by atoms with Crippen LogP contribution in [0.5, 0.6) is 0 Å². The summed E-state index contributed by atoms with van der Waals surface area (Å²) in [4.78, 5) is 15.1.